The molecule has 0 aromatic carbocycles. The Morgan fingerprint density at radius 3 is 0.743 bits per heavy atom. The molecule has 0 amide bonds. The van der Waals surface area contributed by atoms with E-state index in [0.717, 1.165) is 69.6 Å². The van der Waals surface area contributed by atoms with E-state index in [1.54, 1.807) is 0 Å². The molecule has 3 atom stereocenters. The lowest BCUT2D eigenvalue weighted by Crippen LogP contribution is -2.30. The summed E-state index contributed by atoms with van der Waals surface area (Å²) in [6.07, 6.45) is 62.4. The molecular formula is C64H124O6. The molecule has 0 radical (unpaired) electrons. The van der Waals surface area contributed by atoms with Crippen LogP contribution in [0.25, 0.3) is 0 Å². The van der Waals surface area contributed by atoms with Crippen molar-refractivity contribution in [1.29, 1.82) is 0 Å². The first-order valence-electron chi connectivity index (χ1n) is 31.8. The number of esters is 3. The summed E-state index contributed by atoms with van der Waals surface area (Å²) in [5.41, 5.74) is 0. The van der Waals surface area contributed by atoms with E-state index in [9.17, 15) is 14.4 Å². The average Bonchev–Trinajstić information content (AvgIpc) is 3.36. The quantitative estimate of drug-likeness (QED) is 0.0343. The van der Waals surface area contributed by atoms with Gasteiger partial charge < -0.3 is 14.2 Å². The van der Waals surface area contributed by atoms with Crippen LogP contribution in [0, 0.1) is 11.8 Å². The summed E-state index contributed by atoms with van der Waals surface area (Å²) >= 11 is 0. The summed E-state index contributed by atoms with van der Waals surface area (Å²) in [5, 5.41) is 0. The van der Waals surface area contributed by atoms with E-state index >= 15 is 0 Å². The highest BCUT2D eigenvalue weighted by molar-refractivity contribution is 5.71. The topological polar surface area (TPSA) is 78.9 Å². The van der Waals surface area contributed by atoms with Crippen LogP contribution < -0.4 is 0 Å². The Hall–Kier alpha value is -1.59. The van der Waals surface area contributed by atoms with Gasteiger partial charge in [0, 0.05) is 19.3 Å². The van der Waals surface area contributed by atoms with E-state index in [2.05, 4.69) is 34.6 Å². The minimum atomic E-state index is -0.764. The first-order valence-corrected chi connectivity index (χ1v) is 31.8. The van der Waals surface area contributed by atoms with Gasteiger partial charge in [0.2, 0.25) is 0 Å². The molecule has 0 aliphatic rings. The molecule has 2 unspecified atom stereocenters. The fraction of sp³-hybridized carbons (Fsp3) is 0.953. The van der Waals surface area contributed by atoms with Gasteiger partial charge >= 0.3 is 17.9 Å². The molecule has 6 heteroatoms. The first kappa shape index (κ1) is 68.4. The molecule has 0 heterocycles. The van der Waals surface area contributed by atoms with Crippen molar-refractivity contribution in [2.24, 2.45) is 11.8 Å². The van der Waals surface area contributed by atoms with Crippen molar-refractivity contribution in [3.05, 3.63) is 0 Å². The highest BCUT2D eigenvalue weighted by Crippen LogP contribution is 2.19. The number of hydrogen-bond acceptors (Lipinski definition) is 6. The highest BCUT2D eigenvalue weighted by atomic mass is 16.6. The Morgan fingerprint density at radius 2 is 0.500 bits per heavy atom. The molecule has 0 rings (SSSR count). The van der Waals surface area contributed by atoms with Crippen LogP contribution in [0.2, 0.25) is 0 Å². The Labute approximate surface area is 438 Å². The first-order chi connectivity index (χ1) is 34.3. The van der Waals surface area contributed by atoms with Gasteiger partial charge in [0.25, 0.3) is 0 Å². The Balaban J connectivity index is 4.21. The fourth-order valence-electron chi connectivity index (χ4n) is 9.87. The normalized spacial score (nSPS) is 12.8. The number of rotatable bonds is 58. The van der Waals surface area contributed by atoms with Crippen molar-refractivity contribution in [2.75, 3.05) is 13.2 Å². The molecule has 0 spiro atoms. The molecule has 0 fully saturated rings. The van der Waals surface area contributed by atoms with Crippen LogP contribution in [-0.2, 0) is 28.6 Å². The largest absolute Gasteiger partial charge is 0.462 e. The monoisotopic (exact) mass is 989 g/mol. The third kappa shape index (κ3) is 54.2. The van der Waals surface area contributed by atoms with Gasteiger partial charge in [0.05, 0.1) is 0 Å². The predicted molar refractivity (Wildman–Crippen MR) is 303 cm³/mol. The van der Waals surface area contributed by atoms with E-state index in [-0.39, 0.29) is 31.1 Å². The molecule has 0 aromatic rings. The summed E-state index contributed by atoms with van der Waals surface area (Å²) < 4.78 is 16.9. The van der Waals surface area contributed by atoms with Gasteiger partial charge in [-0.3, -0.25) is 14.4 Å². The summed E-state index contributed by atoms with van der Waals surface area (Å²) in [6.45, 7) is 11.5. The SMILES string of the molecule is CCCCCCCCCCCCCCCCCCCCC(=O)OC[C@H](COC(=O)CCCCCCCCCCCCCCCCCCCCC(C)CC)OC(=O)CCCCCCCCCCC(C)CC. The zero-order chi connectivity index (χ0) is 51.1. The molecule has 0 bridgehead atoms. The lowest BCUT2D eigenvalue weighted by atomic mass is 9.99. The average molecular weight is 990 g/mol. The van der Waals surface area contributed by atoms with Gasteiger partial charge in [-0.15, -0.1) is 0 Å². The van der Waals surface area contributed by atoms with Gasteiger partial charge in [0.1, 0.15) is 13.2 Å². The van der Waals surface area contributed by atoms with Crippen molar-refractivity contribution in [3.8, 4) is 0 Å². The van der Waals surface area contributed by atoms with Crippen LogP contribution in [0.15, 0.2) is 0 Å². The molecule has 0 saturated heterocycles. The van der Waals surface area contributed by atoms with Gasteiger partial charge in [-0.25, -0.2) is 0 Å². The molecule has 0 aliphatic heterocycles. The summed E-state index contributed by atoms with van der Waals surface area (Å²) in [5.74, 6) is 0.919. The molecule has 0 N–H and O–H groups in total. The maximum absolute atomic E-state index is 12.9. The number of hydrogen-bond donors (Lipinski definition) is 0. The minimum Gasteiger partial charge on any atom is -0.462 e. The second-order valence-corrected chi connectivity index (χ2v) is 22.5. The summed E-state index contributed by atoms with van der Waals surface area (Å²) in [7, 11) is 0. The maximum Gasteiger partial charge on any atom is 0.306 e. The molecule has 70 heavy (non-hydrogen) atoms. The predicted octanol–water partition coefficient (Wildman–Crippen LogP) is 21.2. The van der Waals surface area contributed by atoms with Crippen LogP contribution in [0.5, 0.6) is 0 Å². The second kappa shape index (κ2) is 56.7. The summed E-state index contributed by atoms with van der Waals surface area (Å²) in [4.78, 5) is 38.2. The van der Waals surface area contributed by atoms with Gasteiger partial charge in [-0.05, 0) is 31.1 Å². The highest BCUT2D eigenvalue weighted by Gasteiger charge is 2.19. The molecule has 416 valence electrons. The van der Waals surface area contributed by atoms with Crippen LogP contribution >= 0.6 is 0 Å². The molecule has 0 aliphatic carbocycles. The van der Waals surface area contributed by atoms with Crippen LogP contribution in [-0.4, -0.2) is 37.2 Å². The van der Waals surface area contributed by atoms with Crippen molar-refractivity contribution < 1.29 is 28.6 Å². The summed E-state index contributed by atoms with van der Waals surface area (Å²) in [6, 6.07) is 0. The van der Waals surface area contributed by atoms with Crippen molar-refractivity contribution in [1.82, 2.24) is 0 Å². The zero-order valence-corrected chi connectivity index (χ0v) is 48.2. The van der Waals surface area contributed by atoms with E-state index < -0.39 is 6.10 Å². The minimum absolute atomic E-state index is 0.0626. The maximum atomic E-state index is 12.9. The van der Waals surface area contributed by atoms with Gasteiger partial charge in [-0.1, -0.05) is 324 Å². The van der Waals surface area contributed by atoms with Gasteiger partial charge in [0.15, 0.2) is 6.10 Å². The molecular weight excluding hydrogens is 865 g/mol. The lowest BCUT2D eigenvalue weighted by Gasteiger charge is -2.18. The van der Waals surface area contributed by atoms with E-state index in [1.807, 2.05) is 0 Å². The number of ether oxygens (including phenoxy) is 3. The molecule has 6 nitrogen and oxygen atoms in total. The number of carbonyl (C=O) groups excluding carboxylic acids is 3. The number of unbranched alkanes of at least 4 members (excludes halogenated alkanes) is 41. The van der Waals surface area contributed by atoms with Gasteiger partial charge in [-0.2, -0.15) is 0 Å². The lowest BCUT2D eigenvalue weighted by molar-refractivity contribution is -0.167. The molecule has 0 aromatic heterocycles. The standard InChI is InChI=1S/C64H124O6/c1-6-9-10-11-12-13-14-15-16-17-21-24-27-30-33-39-44-49-54-62(65)68-57-61(70-64(67)56-51-46-41-36-35-38-43-48-53-60(5)8-3)58-69-63(66)55-50-45-40-34-31-28-25-22-19-18-20-23-26-29-32-37-42-47-52-59(4)7-2/h59-61H,6-58H2,1-5H3/t59?,60?,61-/m1/s1. The van der Waals surface area contributed by atoms with Crippen molar-refractivity contribution in [3.63, 3.8) is 0 Å². The van der Waals surface area contributed by atoms with Crippen molar-refractivity contribution >= 4 is 17.9 Å². The Kier molecular flexibility index (Phi) is 55.4. The third-order valence-electron chi connectivity index (χ3n) is 15.4. The Bertz CT molecular complexity index is 1080. The van der Waals surface area contributed by atoms with E-state index in [1.165, 1.54) is 250 Å². The smallest absolute Gasteiger partial charge is 0.306 e. The number of carbonyl (C=O) groups is 3. The van der Waals surface area contributed by atoms with Crippen molar-refractivity contribution in [2.45, 2.75) is 368 Å². The van der Waals surface area contributed by atoms with Crippen LogP contribution in [0.4, 0.5) is 0 Å². The molecule has 0 saturated carbocycles. The van der Waals surface area contributed by atoms with E-state index in [4.69, 9.17) is 14.2 Å². The van der Waals surface area contributed by atoms with Crippen LogP contribution in [0.1, 0.15) is 362 Å². The van der Waals surface area contributed by atoms with Crippen LogP contribution in [0.3, 0.4) is 0 Å². The third-order valence-corrected chi connectivity index (χ3v) is 15.4. The second-order valence-electron chi connectivity index (χ2n) is 22.5. The Morgan fingerprint density at radius 1 is 0.286 bits per heavy atom. The fourth-order valence-corrected chi connectivity index (χ4v) is 9.87. The van der Waals surface area contributed by atoms with E-state index in [0.29, 0.717) is 19.3 Å². The zero-order valence-electron chi connectivity index (χ0n) is 48.2.